The molecule has 0 saturated heterocycles. The third kappa shape index (κ3) is 5.37. The Labute approximate surface area is 196 Å². The minimum atomic E-state index is -0.287. The Morgan fingerprint density at radius 2 is 1.68 bits per heavy atom. The Hall–Kier alpha value is -3.43. The average molecular weight is 464 g/mol. The topological polar surface area (TPSA) is 99.0 Å². The minimum absolute atomic E-state index is 0.115. The number of hydrogen-bond donors (Lipinski definition) is 1. The van der Waals surface area contributed by atoms with Crippen molar-refractivity contribution in [1.29, 1.82) is 0 Å². The third-order valence-electron chi connectivity index (χ3n) is 6.06. The number of rotatable bonds is 8. The first-order valence-electron chi connectivity index (χ1n) is 11.4. The van der Waals surface area contributed by atoms with Gasteiger partial charge >= 0.3 is 0 Å². The normalized spacial score (nSPS) is 18.3. The van der Waals surface area contributed by atoms with E-state index in [0.717, 1.165) is 48.1 Å². The molecule has 1 fully saturated rings. The first-order chi connectivity index (χ1) is 16.6. The van der Waals surface area contributed by atoms with E-state index in [1.54, 1.807) is 12.1 Å². The van der Waals surface area contributed by atoms with Crippen molar-refractivity contribution in [1.82, 2.24) is 25.6 Å². The van der Waals surface area contributed by atoms with Crippen LogP contribution in [-0.2, 0) is 22.7 Å². The summed E-state index contributed by atoms with van der Waals surface area (Å²) in [7, 11) is 0. The van der Waals surface area contributed by atoms with Crippen molar-refractivity contribution >= 4 is 0 Å². The minimum Gasteiger partial charge on any atom is -0.441 e. The van der Waals surface area contributed by atoms with Gasteiger partial charge in [0.05, 0.1) is 25.4 Å². The fourth-order valence-corrected chi connectivity index (χ4v) is 4.13. The lowest BCUT2D eigenvalue weighted by Gasteiger charge is -2.29. The standard InChI is InChI=1S/C25H26FN5O3/c1-16-23(27-25(34-16)19-9-11-20(26)12-10-19)15-33-22-4-2-3-21(13-22)32-14-17-5-7-18(8-6-17)24-28-30-31-29-24/h5-12,21-22H,2-4,13-15H2,1H3,(H,28,29,30,31)/t21-,22+/m0/s1. The fourth-order valence-electron chi connectivity index (χ4n) is 4.13. The van der Waals surface area contributed by atoms with E-state index in [4.69, 9.17) is 13.9 Å². The molecule has 1 N–H and O–H groups in total. The smallest absolute Gasteiger partial charge is 0.226 e. The molecule has 0 aliphatic heterocycles. The molecule has 2 aromatic heterocycles. The molecule has 0 radical (unpaired) electrons. The van der Waals surface area contributed by atoms with Gasteiger partial charge in [-0.1, -0.05) is 24.3 Å². The first-order valence-corrected chi connectivity index (χ1v) is 11.4. The maximum absolute atomic E-state index is 13.2. The molecule has 8 nitrogen and oxygen atoms in total. The van der Waals surface area contributed by atoms with Gasteiger partial charge in [-0.15, -0.1) is 10.2 Å². The zero-order chi connectivity index (χ0) is 23.3. The second kappa shape index (κ2) is 10.2. The fraction of sp³-hybridized carbons (Fsp3) is 0.360. The quantitative estimate of drug-likeness (QED) is 0.392. The van der Waals surface area contributed by atoms with Crippen molar-refractivity contribution in [2.75, 3.05) is 0 Å². The average Bonchev–Trinajstić information content (AvgIpc) is 3.53. The van der Waals surface area contributed by atoms with Gasteiger partial charge in [-0.3, -0.25) is 0 Å². The molecular weight excluding hydrogens is 437 g/mol. The van der Waals surface area contributed by atoms with Crippen molar-refractivity contribution in [3.63, 3.8) is 0 Å². The molecule has 0 spiro atoms. The lowest BCUT2D eigenvalue weighted by molar-refractivity contribution is -0.0562. The number of tetrazole rings is 1. The van der Waals surface area contributed by atoms with E-state index < -0.39 is 0 Å². The molecule has 2 heterocycles. The number of nitrogens with zero attached hydrogens (tertiary/aromatic N) is 4. The SMILES string of the molecule is Cc1oc(-c2ccc(F)cc2)nc1CO[C@@H]1CCC[C@H](OCc2ccc(-c3nn[nH]n3)cc2)C1. The van der Waals surface area contributed by atoms with Gasteiger partial charge in [-0.2, -0.15) is 5.21 Å². The van der Waals surface area contributed by atoms with Gasteiger partial charge in [-0.05, 0) is 67.6 Å². The molecule has 0 unspecified atom stereocenters. The number of halogens is 1. The summed E-state index contributed by atoms with van der Waals surface area (Å²) in [6.07, 6.45) is 4.21. The van der Waals surface area contributed by atoms with E-state index in [1.165, 1.54) is 12.1 Å². The van der Waals surface area contributed by atoms with Crippen LogP contribution in [-0.4, -0.2) is 37.8 Å². The summed E-state index contributed by atoms with van der Waals surface area (Å²) in [5.74, 6) is 1.48. The molecule has 4 aromatic rings. The largest absolute Gasteiger partial charge is 0.441 e. The van der Waals surface area contributed by atoms with Gasteiger partial charge in [0, 0.05) is 11.1 Å². The number of aromatic amines is 1. The molecule has 0 amide bonds. The summed E-state index contributed by atoms with van der Waals surface area (Å²) in [4.78, 5) is 4.55. The van der Waals surface area contributed by atoms with E-state index >= 15 is 0 Å². The molecular formula is C25H26FN5O3. The lowest BCUT2D eigenvalue weighted by atomic mass is 9.95. The lowest BCUT2D eigenvalue weighted by Crippen LogP contribution is -2.28. The second-order valence-corrected chi connectivity index (χ2v) is 8.49. The molecule has 2 aromatic carbocycles. The predicted octanol–water partition coefficient (Wildman–Crippen LogP) is 5.01. The van der Waals surface area contributed by atoms with Crippen LogP contribution in [0.4, 0.5) is 4.39 Å². The summed E-state index contributed by atoms with van der Waals surface area (Å²) in [6.45, 7) is 2.80. The number of aromatic nitrogens is 5. The summed E-state index contributed by atoms with van der Waals surface area (Å²) < 4.78 is 31.3. The highest BCUT2D eigenvalue weighted by Crippen LogP contribution is 2.27. The van der Waals surface area contributed by atoms with Crippen molar-refractivity contribution in [2.24, 2.45) is 0 Å². The highest BCUT2D eigenvalue weighted by Gasteiger charge is 2.24. The highest BCUT2D eigenvalue weighted by atomic mass is 19.1. The van der Waals surface area contributed by atoms with Crippen LogP contribution in [0.5, 0.6) is 0 Å². The van der Waals surface area contributed by atoms with E-state index in [2.05, 4.69) is 25.6 Å². The molecule has 1 aliphatic carbocycles. The van der Waals surface area contributed by atoms with Crippen LogP contribution in [0.1, 0.15) is 42.7 Å². The molecule has 176 valence electrons. The van der Waals surface area contributed by atoms with Crippen molar-refractivity contribution in [3.05, 3.63) is 71.4 Å². The summed E-state index contributed by atoms with van der Waals surface area (Å²) >= 11 is 0. The zero-order valence-electron chi connectivity index (χ0n) is 18.9. The molecule has 9 heteroatoms. The van der Waals surface area contributed by atoms with Crippen LogP contribution < -0.4 is 0 Å². The Kier molecular flexibility index (Phi) is 6.73. The van der Waals surface area contributed by atoms with Crippen molar-refractivity contribution in [3.8, 4) is 22.8 Å². The second-order valence-electron chi connectivity index (χ2n) is 8.49. The molecule has 2 atom stereocenters. The van der Waals surface area contributed by atoms with Gasteiger partial charge in [-0.25, -0.2) is 9.37 Å². The number of aryl methyl sites for hydroxylation is 1. The van der Waals surface area contributed by atoms with Gasteiger partial charge in [0.2, 0.25) is 11.7 Å². The Bertz CT molecular complexity index is 1190. The Morgan fingerprint density at radius 3 is 2.38 bits per heavy atom. The number of hydrogen-bond acceptors (Lipinski definition) is 7. The summed E-state index contributed by atoms with van der Waals surface area (Å²) in [6, 6.07) is 14.1. The zero-order valence-corrected chi connectivity index (χ0v) is 18.9. The van der Waals surface area contributed by atoms with Crippen LogP contribution >= 0.6 is 0 Å². The molecule has 1 aliphatic rings. The maximum Gasteiger partial charge on any atom is 0.226 e. The van der Waals surface area contributed by atoms with E-state index in [-0.39, 0.29) is 18.0 Å². The van der Waals surface area contributed by atoms with Crippen LogP contribution in [0.15, 0.2) is 52.9 Å². The monoisotopic (exact) mass is 463 g/mol. The summed E-state index contributed by atoms with van der Waals surface area (Å²) in [5.41, 5.74) is 3.52. The van der Waals surface area contributed by atoms with Crippen LogP contribution in [0, 0.1) is 12.7 Å². The van der Waals surface area contributed by atoms with Gasteiger partial charge in [0.1, 0.15) is 17.3 Å². The number of H-pyrrole nitrogens is 1. The van der Waals surface area contributed by atoms with Crippen LogP contribution in [0.2, 0.25) is 0 Å². The van der Waals surface area contributed by atoms with Crippen molar-refractivity contribution < 1.29 is 18.3 Å². The Morgan fingerprint density at radius 1 is 0.971 bits per heavy atom. The summed E-state index contributed by atoms with van der Waals surface area (Å²) in [5, 5.41) is 14.0. The molecule has 0 bridgehead atoms. The first kappa shape index (κ1) is 22.4. The Balaban J connectivity index is 1.11. The van der Waals surface area contributed by atoms with Gasteiger partial charge in [0.15, 0.2) is 0 Å². The number of benzene rings is 2. The maximum atomic E-state index is 13.2. The van der Waals surface area contributed by atoms with Crippen molar-refractivity contribution in [2.45, 2.75) is 58.0 Å². The number of oxazole rings is 1. The molecule has 5 rings (SSSR count). The number of ether oxygens (including phenoxy) is 2. The number of nitrogens with one attached hydrogen (secondary N) is 1. The van der Waals surface area contributed by atoms with Crippen LogP contribution in [0.3, 0.4) is 0 Å². The van der Waals surface area contributed by atoms with Gasteiger partial charge < -0.3 is 13.9 Å². The molecule has 1 saturated carbocycles. The van der Waals surface area contributed by atoms with Crippen LogP contribution in [0.25, 0.3) is 22.8 Å². The van der Waals surface area contributed by atoms with E-state index in [9.17, 15) is 4.39 Å². The predicted molar refractivity (Wildman–Crippen MR) is 122 cm³/mol. The van der Waals surface area contributed by atoms with Gasteiger partial charge in [0.25, 0.3) is 0 Å². The van der Waals surface area contributed by atoms with E-state index in [0.29, 0.717) is 30.7 Å². The third-order valence-corrected chi connectivity index (χ3v) is 6.06. The van der Waals surface area contributed by atoms with E-state index in [1.807, 2.05) is 31.2 Å². The molecule has 34 heavy (non-hydrogen) atoms. The highest BCUT2D eigenvalue weighted by molar-refractivity contribution is 5.54.